The second-order valence-electron chi connectivity index (χ2n) is 6.36. The van der Waals surface area contributed by atoms with Gasteiger partial charge in [-0.1, -0.05) is 0 Å². The van der Waals surface area contributed by atoms with Crippen molar-refractivity contribution in [3.05, 3.63) is 23.8 Å². The van der Waals surface area contributed by atoms with Crippen LogP contribution in [-0.4, -0.2) is 43.3 Å². The van der Waals surface area contributed by atoms with E-state index in [4.69, 9.17) is 14.2 Å². The molecule has 1 aromatic rings. The first-order chi connectivity index (χ1) is 13.0. The predicted molar refractivity (Wildman–Crippen MR) is 90.8 cm³/mol. The number of nitrogens with zero attached hydrogens (tertiary/aromatic N) is 1. The lowest BCUT2D eigenvalue weighted by Gasteiger charge is -2.21. The fraction of sp³-hybridized carbons (Fsp3) is 0.444. The van der Waals surface area contributed by atoms with Crippen molar-refractivity contribution < 1.29 is 28.6 Å². The van der Waals surface area contributed by atoms with E-state index in [1.165, 1.54) is 6.07 Å². The number of ether oxygens (including phenoxy) is 3. The average Bonchev–Trinajstić information content (AvgIpc) is 3.33. The molecule has 0 saturated heterocycles. The van der Waals surface area contributed by atoms with E-state index in [0.29, 0.717) is 29.9 Å². The number of nitriles is 1. The number of esters is 1. The van der Waals surface area contributed by atoms with Gasteiger partial charge >= 0.3 is 5.97 Å². The molecule has 27 heavy (non-hydrogen) atoms. The molecule has 1 heterocycles. The summed E-state index contributed by atoms with van der Waals surface area (Å²) in [5, 5.41) is 14.3. The number of hydrogen-bond acceptors (Lipinski definition) is 7. The number of nitrogens with one attached hydrogen (secondary N) is 2. The van der Waals surface area contributed by atoms with Crippen LogP contribution in [0.5, 0.6) is 11.5 Å². The van der Waals surface area contributed by atoms with Gasteiger partial charge in [-0.3, -0.25) is 14.4 Å². The minimum atomic E-state index is -0.864. The molecular formula is C18H19N3O6. The van der Waals surface area contributed by atoms with Gasteiger partial charge in [0, 0.05) is 5.56 Å². The second-order valence-corrected chi connectivity index (χ2v) is 6.36. The number of amides is 2. The zero-order valence-electron chi connectivity index (χ0n) is 14.6. The Hall–Kier alpha value is -3.28. The van der Waals surface area contributed by atoms with Gasteiger partial charge in [0.25, 0.3) is 11.8 Å². The van der Waals surface area contributed by atoms with E-state index < -0.39 is 29.9 Å². The average molecular weight is 373 g/mol. The van der Waals surface area contributed by atoms with Crippen molar-refractivity contribution in [2.45, 2.75) is 31.2 Å². The highest BCUT2D eigenvalue weighted by molar-refractivity contribution is 5.96. The normalized spacial score (nSPS) is 16.3. The van der Waals surface area contributed by atoms with Crippen LogP contribution in [0.25, 0.3) is 0 Å². The summed E-state index contributed by atoms with van der Waals surface area (Å²) in [7, 11) is 0. The highest BCUT2D eigenvalue weighted by Gasteiger charge is 2.35. The fourth-order valence-corrected chi connectivity index (χ4v) is 3.04. The summed E-state index contributed by atoms with van der Waals surface area (Å²) in [5.74, 6) is -0.760. The number of benzene rings is 1. The Balaban J connectivity index is 1.41. The third kappa shape index (κ3) is 4.47. The molecule has 3 rings (SSSR count). The molecule has 1 fully saturated rings. The van der Waals surface area contributed by atoms with Gasteiger partial charge in [-0.25, -0.2) is 0 Å². The third-order valence-electron chi connectivity index (χ3n) is 4.44. The van der Waals surface area contributed by atoms with Gasteiger partial charge in [-0.15, -0.1) is 0 Å². The molecule has 1 aliphatic heterocycles. The maximum Gasteiger partial charge on any atom is 0.325 e. The molecule has 2 aliphatic rings. The monoisotopic (exact) mass is 373 g/mol. The first-order valence-electron chi connectivity index (χ1n) is 8.57. The summed E-state index contributed by atoms with van der Waals surface area (Å²) in [5.41, 5.74) is -0.557. The molecule has 1 saturated carbocycles. The molecule has 142 valence electrons. The van der Waals surface area contributed by atoms with Crippen LogP contribution in [0.15, 0.2) is 18.2 Å². The molecule has 1 aromatic carbocycles. The maximum atomic E-state index is 12.1. The van der Waals surface area contributed by atoms with E-state index >= 15 is 0 Å². The smallest absolute Gasteiger partial charge is 0.325 e. The van der Waals surface area contributed by atoms with Crippen molar-refractivity contribution in [3.8, 4) is 17.6 Å². The van der Waals surface area contributed by atoms with Gasteiger partial charge in [0.15, 0.2) is 18.1 Å². The molecule has 0 spiro atoms. The summed E-state index contributed by atoms with van der Waals surface area (Å²) >= 11 is 0. The molecule has 2 N–H and O–H groups in total. The third-order valence-corrected chi connectivity index (χ3v) is 4.44. The first-order valence-corrected chi connectivity index (χ1v) is 8.57. The molecule has 0 aromatic heterocycles. The lowest BCUT2D eigenvalue weighted by molar-refractivity contribution is -0.147. The van der Waals surface area contributed by atoms with Gasteiger partial charge in [0.1, 0.15) is 12.1 Å². The topological polar surface area (TPSA) is 127 Å². The lowest BCUT2D eigenvalue weighted by atomic mass is 10.00. The van der Waals surface area contributed by atoms with E-state index in [9.17, 15) is 19.6 Å². The number of carbonyl (C=O) groups is 3. The van der Waals surface area contributed by atoms with Crippen molar-refractivity contribution in [3.63, 3.8) is 0 Å². The molecule has 1 aliphatic carbocycles. The Labute approximate surface area is 155 Å². The number of rotatable bonds is 6. The standard InChI is InChI=1S/C18H19N3O6/c19-10-18(5-1-2-6-18)21-15(22)9-25-16(23)8-20-17(24)12-3-4-13-14(7-12)27-11-26-13/h3-4,7H,1-2,5-6,8-9,11H2,(H,20,24)(H,21,22). The van der Waals surface area contributed by atoms with Gasteiger partial charge < -0.3 is 24.8 Å². The minimum absolute atomic E-state index is 0.0991. The zero-order valence-corrected chi connectivity index (χ0v) is 14.6. The first kappa shape index (κ1) is 18.5. The van der Waals surface area contributed by atoms with E-state index in [1.807, 2.05) is 0 Å². The van der Waals surface area contributed by atoms with E-state index in [1.54, 1.807) is 12.1 Å². The van der Waals surface area contributed by atoms with Gasteiger partial charge in [0.05, 0.1) is 6.07 Å². The predicted octanol–water partition coefficient (Wildman–Crippen LogP) is 0.641. The van der Waals surface area contributed by atoms with Crippen molar-refractivity contribution in [2.24, 2.45) is 0 Å². The van der Waals surface area contributed by atoms with Crippen LogP contribution in [0.1, 0.15) is 36.0 Å². The highest BCUT2D eigenvalue weighted by atomic mass is 16.7. The number of hydrogen-bond donors (Lipinski definition) is 2. The van der Waals surface area contributed by atoms with Crippen LogP contribution in [0.4, 0.5) is 0 Å². The minimum Gasteiger partial charge on any atom is -0.454 e. The van der Waals surface area contributed by atoms with Crippen molar-refractivity contribution in [2.75, 3.05) is 19.9 Å². The fourth-order valence-electron chi connectivity index (χ4n) is 3.04. The van der Waals surface area contributed by atoms with E-state index in [2.05, 4.69) is 16.7 Å². The Bertz CT molecular complexity index is 795. The van der Waals surface area contributed by atoms with Crippen LogP contribution in [-0.2, 0) is 14.3 Å². The Morgan fingerprint density at radius 3 is 2.67 bits per heavy atom. The molecule has 0 bridgehead atoms. The van der Waals surface area contributed by atoms with Gasteiger partial charge in [-0.2, -0.15) is 5.26 Å². The van der Waals surface area contributed by atoms with Crippen molar-refractivity contribution in [1.82, 2.24) is 10.6 Å². The molecule has 9 nitrogen and oxygen atoms in total. The van der Waals surface area contributed by atoms with Crippen LogP contribution < -0.4 is 20.1 Å². The van der Waals surface area contributed by atoms with Crippen molar-refractivity contribution >= 4 is 17.8 Å². The van der Waals surface area contributed by atoms with E-state index in [-0.39, 0.29) is 13.3 Å². The molecule has 0 unspecified atom stereocenters. The Morgan fingerprint density at radius 2 is 1.93 bits per heavy atom. The summed E-state index contributed by atoms with van der Waals surface area (Å²) in [6.45, 7) is -0.784. The maximum absolute atomic E-state index is 12.1. The van der Waals surface area contributed by atoms with Gasteiger partial charge in [-0.05, 0) is 43.9 Å². The van der Waals surface area contributed by atoms with Crippen LogP contribution in [0.2, 0.25) is 0 Å². The van der Waals surface area contributed by atoms with Crippen molar-refractivity contribution in [1.29, 1.82) is 5.26 Å². The molecule has 0 atom stereocenters. The number of fused-ring (bicyclic) bond motifs is 1. The van der Waals surface area contributed by atoms with Crippen LogP contribution >= 0.6 is 0 Å². The molecule has 0 radical (unpaired) electrons. The molecular weight excluding hydrogens is 354 g/mol. The largest absolute Gasteiger partial charge is 0.454 e. The van der Waals surface area contributed by atoms with Crippen LogP contribution in [0, 0.1) is 11.3 Å². The highest BCUT2D eigenvalue weighted by Crippen LogP contribution is 2.32. The Kier molecular flexibility index (Phi) is 5.45. The molecule has 9 heteroatoms. The van der Waals surface area contributed by atoms with Gasteiger partial charge in [0.2, 0.25) is 6.79 Å². The summed E-state index contributed by atoms with van der Waals surface area (Å²) in [6, 6.07) is 6.79. The van der Waals surface area contributed by atoms with Crippen LogP contribution in [0.3, 0.4) is 0 Å². The SMILES string of the molecule is N#CC1(NC(=O)COC(=O)CNC(=O)c2ccc3c(c2)OCO3)CCCC1. The molecule has 2 amide bonds. The Morgan fingerprint density at radius 1 is 1.19 bits per heavy atom. The second kappa shape index (κ2) is 7.95. The number of carbonyl (C=O) groups excluding carboxylic acids is 3. The summed E-state index contributed by atoms with van der Waals surface area (Å²) < 4.78 is 15.2. The summed E-state index contributed by atoms with van der Waals surface area (Å²) in [6.07, 6.45) is 2.93. The van der Waals surface area contributed by atoms with E-state index in [0.717, 1.165) is 12.8 Å². The zero-order chi connectivity index (χ0) is 19.3. The quantitative estimate of drug-likeness (QED) is 0.701. The lowest BCUT2D eigenvalue weighted by Crippen LogP contribution is -2.47. The summed E-state index contributed by atoms with van der Waals surface area (Å²) in [4.78, 5) is 35.7.